The molecular weight excluding hydrogens is 264 g/mol. The van der Waals surface area contributed by atoms with Gasteiger partial charge in [-0.15, -0.1) is 11.3 Å². The Bertz CT molecular complexity index is 383. The van der Waals surface area contributed by atoms with Crippen molar-refractivity contribution in [2.75, 3.05) is 0 Å². The third kappa shape index (κ3) is 1.41. The predicted octanol–water partition coefficient (Wildman–Crippen LogP) is 3.33. The fourth-order valence-electron chi connectivity index (χ4n) is 2.21. The minimum atomic E-state index is -0.678. The minimum Gasteiger partial charge on any atom is -0.481 e. The molecule has 4 heteroatoms. The lowest BCUT2D eigenvalue weighted by Gasteiger charge is -1.98. The number of rotatable bonds is 2. The summed E-state index contributed by atoms with van der Waals surface area (Å²) < 4.78 is 1.07. The smallest absolute Gasteiger partial charge is 0.307 e. The van der Waals surface area contributed by atoms with Crippen LogP contribution in [0.5, 0.6) is 0 Å². The van der Waals surface area contributed by atoms with E-state index in [1.54, 1.807) is 11.3 Å². The molecule has 76 valence electrons. The normalized spacial score (nSPS) is 28.8. The summed E-state index contributed by atoms with van der Waals surface area (Å²) in [6.07, 6.45) is 0. The molecule has 1 heterocycles. The molecule has 2 nitrogen and oxygen atoms in total. The Kier molecular flexibility index (Phi) is 2.23. The van der Waals surface area contributed by atoms with Crippen molar-refractivity contribution < 1.29 is 9.90 Å². The van der Waals surface area contributed by atoms with E-state index in [0.29, 0.717) is 0 Å². The van der Waals surface area contributed by atoms with Gasteiger partial charge >= 0.3 is 5.97 Å². The van der Waals surface area contributed by atoms with Crippen LogP contribution in [0.4, 0.5) is 0 Å². The van der Waals surface area contributed by atoms with Crippen LogP contribution >= 0.6 is 27.3 Å². The van der Waals surface area contributed by atoms with Gasteiger partial charge < -0.3 is 5.11 Å². The van der Waals surface area contributed by atoms with Crippen molar-refractivity contribution in [2.24, 2.45) is 11.3 Å². The number of carboxylic acid groups (broad SMARTS) is 1. The first kappa shape index (κ1) is 10.2. The summed E-state index contributed by atoms with van der Waals surface area (Å²) in [5.74, 6) is -0.714. The second-order valence-electron chi connectivity index (χ2n) is 4.30. The predicted molar refractivity (Wildman–Crippen MR) is 59.7 cm³/mol. The highest BCUT2D eigenvalue weighted by molar-refractivity contribution is 9.11. The molecule has 1 aliphatic rings. The molecule has 0 spiro atoms. The molecule has 2 unspecified atom stereocenters. The summed E-state index contributed by atoms with van der Waals surface area (Å²) in [6.45, 7) is 4.03. The third-order valence-electron chi connectivity index (χ3n) is 3.04. The Morgan fingerprint density at radius 2 is 2.29 bits per heavy atom. The zero-order valence-electron chi connectivity index (χ0n) is 7.95. The molecule has 0 aliphatic heterocycles. The van der Waals surface area contributed by atoms with E-state index >= 15 is 0 Å². The maximum Gasteiger partial charge on any atom is 0.307 e. The van der Waals surface area contributed by atoms with Gasteiger partial charge in [-0.2, -0.15) is 0 Å². The molecule has 1 saturated carbocycles. The summed E-state index contributed by atoms with van der Waals surface area (Å²) in [6, 6.07) is 2.03. The largest absolute Gasteiger partial charge is 0.481 e. The number of carbonyl (C=O) groups is 1. The van der Waals surface area contributed by atoms with Crippen LogP contribution in [0.15, 0.2) is 15.2 Å². The minimum absolute atomic E-state index is 0.0909. The molecule has 1 aliphatic carbocycles. The van der Waals surface area contributed by atoms with Crippen molar-refractivity contribution >= 4 is 33.2 Å². The van der Waals surface area contributed by atoms with Crippen LogP contribution < -0.4 is 0 Å². The lowest BCUT2D eigenvalue weighted by atomic mass is 10.1. The number of aliphatic carboxylic acids is 1. The highest BCUT2D eigenvalue weighted by Gasteiger charge is 2.62. The molecule has 1 aromatic heterocycles. The highest BCUT2D eigenvalue weighted by atomic mass is 79.9. The van der Waals surface area contributed by atoms with E-state index in [2.05, 4.69) is 15.9 Å². The Balaban J connectivity index is 2.27. The van der Waals surface area contributed by atoms with E-state index in [1.807, 2.05) is 25.3 Å². The van der Waals surface area contributed by atoms with Crippen molar-refractivity contribution in [3.05, 3.63) is 20.8 Å². The maximum atomic E-state index is 11.0. The first-order valence-electron chi connectivity index (χ1n) is 4.41. The van der Waals surface area contributed by atoms with Crippen LogP contribution in [0.25, 0.3) is 0 Å². The Hall–Kier alpha value is -0.350. The van der Waals surface area contributed by atoms with Crippen molar-refractivity contribution in [1.82, 2.24) is 0 Å². The molecule has 1 aromatic rings. The standard InChI is InChI=1S/C10H11BrO2S/c1-10(2)7(8(10)9(12)13)5-3-6(11)14-4-5/h3-4,7-8H,1-2H3,(H,12,13). The summed E-state index contributed by atoms with van der Waals surface area (Å²) in [4.78, 5) is 11.0. The second kappa shape index (κ2) is 3.07. The zero-order chi connectivity index (χ0) is 10.5. The molecule has 14 heavy (non-hydrogen) atoms. The van der Waals surface area contributed by atoms with Crippen LogP contribution in [0.2, 0.25) is 0 Å². The Labute approximate surface area is 95.1 Å². The number of halogens is 1. The van der Waals surface area contributed by atoms with Gasteiger partial charge in [0.05, 0.1) is 9.70 Å². The van der Waals surface area contributed by atoms with E-state index in [9.17, 15) is 4.79 Å². The monoisotopic (exact) mass is 274 g/mol. The number of thiophene rings is 1. The van der Waals surface area contributed by atoms with Crippen molar-refractivity contribution in [1.29, 1.82) is 0 Å². The van der Waals surface area contributed by atoms with E-state index in [4.69, 9.17) is 5.11 Å². The van der Waals surface area contributed by atoms with E-state index in [0.717, 1.165) is 9.35 Å². The first-order chi connectivity index (χ1) is 6.44. The topological polar surface area (TPSA) is 37.3 Å². The average molecular weight is 275 g/mol. The van der Waals surface area contributed by atoms with Crippen molar-refractivity contribution in [3.8, 4) is 0 Å². The zero-order valence-corrected chi connectivity index (χ0v) is 10.4. The van der Waals surface area contributed by atoms with Gasteiger partial charge in [-0.25, -0.2) is 0 Å². The van der Waals surface area contributed by atoms with Gasteiger partial charge in [-0.05, 0) is 38.4 Å². The van der Waals surface area contributed by atoms with E-state index in [1.165, 1.54) is 0 Å². The van der Waals surface area contributed by atoms with Gasteiger partial charge in [0.25, 0.3) is 0 Å². The Morgan fingerprint density at radius 3 is 2.64 bits per heavy atom. The van der Waals surface area contributed by atoms with Crippen molar-refractivity contribution in [2.45, 2.75) is 19.8 Å². The van der Waals surface area contributed by atoms with Crippen LogP contribution in [-0.4, -0.2) is 11.1 Å². The molecule has 0 amide bonds. The van der Waals surface area contributed by atoms with E-state index < -0.39 is 5.97 Å². The molecule has 2 atom stereocenters. The lowest BCUT2D eigenvalue weighted by molar-refractivity contribution is -0.139. The van der Waals surface area contributed by atoms with Gasteiger partial charge in [-0.3, -0.25) is 4.79 Å². The summed E-state index contributed by atoms with van der Waals surface area (Å²) in [5.41, 5.74) is 1.06. The fourth-order valence-corrected chi connectivity index (χ4v) is 3.42. The SMILES string of the molecule is CC1(C)C(C(=O)O)C1c1csc(Br)c1. The van der Waals surface area contributed by atoms with Gasteiger partial charge in [0, 0.05) is 5.92 Å². The molecule has 1 fully saturated rings. The lowest BCUT2D eigenvalue weighted by Crippen LogP contribution is -2.02. The number of hydrogen-bond acceptors (Lipinski definition) is 2. The van der Waals surface area contributed by atoms with Gasteiger partial charge in [0.1, 0.15) is 0 Å². The molecule has 0 bridgehead atoms. The van der Waals surface area contributed by atoms with Crippen LogP contribution in [0, 0.1) is 11.3 Å². The second-order valence-corrected chi connectivity index (χ2v) is 6.59. The van der Waals surface area contributed by atoms with Crippen LogP contribution in [-0.2, 0) is 4.79 Å². The van der Waals surface area contributed by atoms with Gasteiger partial charge in [0.2, 0.25) is 0 Å². The van der Waals surface area contributed by atoms with Crippen LogP contribution in [0.1, 0.15) is 25.3 Å². The van der Waals surface area contributed by atoms with Crippen molar-refractivity contribution in [3.63, 3.8) is 0 Å². The molecular formula is C10H11BrO2S. The van der Waals surface area contributed by atoms with Gasteiger partial charge in [0.15, 0.2) is 0 Å². The summed E-state index contributed by atoms with van der Waals surface area (Å²) in [7, 11) is 0. The quantitative estimate of drug-likeness (QED) is 0.898. The number of carboxylic acids is 1. The molecule has 0 aromatic carbocycles. The number of hydrogen-bond donors (Lipinski definition) is 1. The molecule has 1 N–H and O–H groups in total. The summed E-state index contributed by atoms with van der Waals surface area (Å²) in [5, 5.41) is 11.1. The average Bonchev–Trinajstić information content (AvgIpc) is 2.42. The van der Waals surface area contributed by atoms with Crippen LogP contribution in [0.3, 0.4) is 0 Å². The highest BCUT2D eigenvalue weighted by Crippen LogP contribution is 2.64. The first-order valence-corrected chi connectivity index (χ1v) is 6.08. The maximum absolute atomic E-state index is 11.0. The molecule has 2 rings (SSSR count). The Morgan fingerprint density at radius 1 is 1.64 bits per heavy atom. The van der Waals surface area contributed by atoms with E-state index in [-0.39, 0.29) is 17.3 Å². The van der Waals surface area contributed by atoms with Gasteiger partial charge in [-0.1, -0.05) is 13.8 Å². The summed E-state index contributed by atoms with van der Waals surface area (Å²) >= 11 is 5.00. The third-order valence-corrected chi connectivity index (χ3v) is 4.56. The fraction of sp³-hybridized carbons (Fsp3) is 0.500. The molecule has 0 saturated heterocycles. The molecule has 0 radical (unpaired) electrons.